The van der Waals surface area contributed by atoms with Crippen LogP contribution in [0, 0.1) is 12.7 Å². The van der Waals surface area contributed by atoms with Gasteiger partial charge >= 0.3 is 6.03 Å². The van der Waals surface area contributed by atoms with Crippen LogP contribution in [0.2, 0.25) is 0 Å². The number of hydrogen-bond acceptors (Lipinski definition) is 4. The number of likely N-dealkylation sites (tertiary alicyclic amines) is 1. The predicted molar refractivity (Wildman–Crippen MR) is 105 cm³/mol. The van der Waals surface area contributed by atoms with Crippen LogP contribution in [0.15, 0.2) is 42.6 Å². The average Bonchev–Trinajstić information content (AvgIpc) is 3.33. The molecular weight excluding hydrogens is 359 g/mol. The largest absolute Gasteiger partial charge is 0.336 e. The monoisotopic (exact) mass is 382 g/mol. The van der Waals surface area contributed by atoms with E-state index in [9.17, 15) is 9.18 Å². The molecule has 0 spiro atoms. The van der Waals surface area contributed by atoms with Crippen LogP contribution in [0.25, 0.3) is 5.65 Å². The van der Waals surface area contributed by atoms with E-state index in [0.717, 1.165) is 25.9 Å². The molecule has 0 saturated carbocycles. The Bertz CT molecular complexity index is 982. The first kappa shape index (κ1) is 18.4. The van der Waals surface area contributed by atoms with Crippen molar-refractivity contribution in [3.05, 3.63) is 59.8 Å². The number of hydrogen-bond donors (Lipinski definition) is 2. The molecule has 146 valence electrons. The summed E-state index contributed by atoms with van der Waals surface area (Å²) in [7, 11) is 0. The summed E-state index contributed by atoms with van der Waals surface area (Å²) in [6.07, 6.45) is 3.96. The molecule has 7 nitrogen and oxygen atoms in total. The Labute approximate surface area is 162 Å². The zero-order chi connectivity index (χ0) is 19.5. The lowest BCUT2D eigenvalue weighted by Gasteiger charge is -2.28. The number of halogens is 1. The molecule has 2 aromatic heterocycles. The van der Waals surface area contributed by atoms with Gasteiger partial charge in [-0.15, -0.1) is 0 Å². The van der Waals surface area contributed by atoms with Crippen molar-refractivity contribution in [1.82, 2.24) is 24.8 Å². The van der Waals surface area contributed by atoms with E-state index in [-0.39, 0.29) is 17.9 Å². The van der Waals surface area contributed by atoms with E-state index in [1.807, 2.05) is 6.07 Å². The van der Waals surface area contributed by atoms with E-state index in [1.54, 1.807) is 41.9 Å². The fourth-order valence-corrected chi connectivity index (χ4v) is 3.70. The van der Waals surface area contributed by atoms with Gasteiger partial charge in [-0.1, -0.05) is 18.2 Å². The highest BCUT2D eigenvalue weighted by Crippen LogP contribution is 2.26. The molecule has 28 heavy (non-hydrogen) atoms. The second-order valence-electron chi connectivity index (χ2n) is 6.96. The van der Waals surface area contributed by atoms with Gasteiger partial charge in [0.1, 0.15) is 11.6 Å². The van der Waals surface area contributed by atoms with E-state index in [0.29, 0.717) is 29.3 Å². The topological polar surface area (TPSA) is 74.6 Å². The number of aryl methyl sites for hydroxylation is 1. The Balaban J connectivity index is 1.47. The number of nitrogens with one attached hydrogen (secondary N) is 2. The van der Waals surface area contributed by atoms with Gasteiger partial charge in [0.05, 0.1) is 11.7 Å². The maximum absolute atomic E-state index is 14.4. The van der Waals surface area contributed by atoms with Gasteiger partial charge in [-0.25, -0.2) is 18.7 Å². The van der Waals surface area contributed by atoms with Crippen LogP contribution in [0.4, 0.5) is 14.9 Å². The fourth-order valence-electron chi connectivity index (χ4n) is 3.70. The number of carbonyl (C=O) groups is 1. The molecule has 3 heterocycles. The molecule has 4 rings (SSSR count). The predicted octanol–water partition coefficient (Wildman–Crippen LogP) is 3.14. The number of urea groups is 1. The van der Waals surface area contributed by atoms with Gasteiger partial charge in [0.2, 0.25) is 0 Å². The minimum absolute atomic E-state index is 0.194. The molecule has 1 fully saturated rings. The van der Waals surface area contributed by atoms with Crippen LogP contribution >= 0.6 is 0 Å². The van der Waals surface area contributed by atoms with Crippen LogP contribution < -0.4 is 10.6 Å². The van der Waals surface area contributed by atoms with Crippen molar-refractivity contribution in [3.8, 4) is 0 Å². The molecular formula is C20H23FN6O. The second kappa shape index (κ2) is 7.93. The van der Waals surface area contributed by atoms with Crippen LogP contribution in [0.3, 0.4) is 0 Å². The van der Waals surface area contributed by atoms with Crippen molar-refractivity contribution < 1.29 is 9.18 Å². The highest BCUT2D eigenvalue weighted by Gasteiger charge is 2.26. The lowest BCUT2D eigenvalue weighted by atomic mass is 10.0. The summed E-state index contributed by atoms with van der Waals surface area (Å²) >= 11 is 0. The number of amides is 2. The minimum atomic E-state index is -0.353. The van der Waals surface area contributed by atoms with Gasteiger partial charge < -0.3 is 10.6 Å². The van der Waals surface area contributed by atoms with Crippen molar-refractivity contribution in [2.24, 2.45) is 0 Å². The Hall–Kier alpha value is -3.00. The smallest absolute Gasteiger partial charge is 0.319 e. The summed E-state index contributed by atoms with van der Waals surface area (Å²) in [5.74, 6) is 0.383. The Morgan fingerprint density at radius 2 is 2.00 bits per heavy atom. The van der Waals surface area contributed by atoms with Crippen LogP contribution in [-0.4, -0.2) is 45.2 Å². The maximum Gasteiger partial charge on any atom is 0.319 e. The van der Waals surface area contributed by atoms with E-state index in [1.165, 1.54) is 6.07 Å². The zero-order valence-corrected chi connectivity index (χ0v) is 15.7. The molecule has 0 aliphatic carbocycles. The van der Waals surface area contributed by atoms with Crippen LogP contribution in [0.5, 0.6) is 0 Å². The molecule has 1 aliphatic rings. The number of benzene rings is 1. The summed E-state index contributed by atoms with van der Waals surface area (Å²) in [6.45, 7) is 3.93. The number of carbonyl (C=O) groups excluding carboxylic acids is 1. The van der Waals surface area contributed by atoms with Gasteiger partial charge in [0.25, 0.3) is 0 Å². The molecule has 1 aliphatic heterocycles. The number of aromatic nitrogens is 3. The normalized spacial score (nSPS) is 15.6. The maximum atomic E-state index is 14.4. The Kier molecular flexibility index (Phi) is 5.21. The van der Waals surface area contributed by atoms with Crippen LogP contribution in [0.1, 0.15) is 30.3 Å². The number of rotatable bonds is 5. The zero-order valence-electron chi connectivity index (χ0n) is 15.7. The molecule has 1 unspecified atom stereocenters. The molecule has 8 heteroatoms. The molecule has 1 aromatic carbocycles. The number of fused-ring (bicyclic) bond motifs is 1. The summed E-state index contributed by atoms with van der Waals surface area (Å²) < 4.78 is 16.0. The first-order chi connectivity index (χ1) is 13.6. The standard InChI is InChI=1S/C20H23FN6O/c1-14-23-19-17(9-6-12-27(19)25-14)24-20(28)22-13-18(26-10-4-5-11-26)15-7-2-3-8-16(15)21/h2-3,6-9,12,18H,4-5,10-11,13H2,1H3,(H2,22,24,28). The molecule has 2 amide bonds. The molecule has 0 radical (unpaired) electrons. The van der Waals surface area contributed by atoms with Crippen LogP contribution in [-0.2, 0) is 0 Å². The molecule has 1 atom stereocenters. The van der Waals surface area contributed by atoms with Crippen molar-refractivity contribution in [1.29, 1.82) is 0 Å². The van der Waals surface area contributed by atoms with Gasteiger partial charge in [-0.2, -0.15) is 5.10 Å². The van der Waals surface area contributed by atoms with Gasteiger partial charge in [0.15, 0.2) is 5.65 Å². The fraction of sp³-hybridized carbons (Fsp3) is 0.350. The second-order valence-corrected chi connectivity index (χ2v) is 6.96. The third-order valence-electron chi connectivity index (χ3n) is 5.02. The Morgan fingerprint density at radius 1 is 1.21 bits per heavy atom. The lowest BCUT2D eigenvalue weighted by Crippen LogP contribution is -2.39. The summed E-state index contributed by atoms with van der Waals surface area (Å²) in [6, 6.07) is 9.79. The van der Waals surface area contributed by atoms with Gasteiger partial charge in [0, 0.05) is 18.3 Å². The first-order valence-corrected chi connectivity index (χ1v) is 9.47. The highest BCUT2D eigenvalue weighted by molar-refractivity contribution is 5.93. The minimum Gasteiger partial charge on any atom is -0.336 e. The van der Waals surface area contributed by atoms with E-state index in [4.69, 9.17) is 0 Å². The number of pyridine rings is 1. The number of nitrogens with zero attached hydrogens (tertiary/aromatic N) is 4. The number of anilines is 1. The van der Waals surface area contributed by atoms with E-state index in [2.05, 4.69) is 25.6 Å². The summed E-state index contributed by atoms with van der Waals surface area (Å²) in [5.41, 5.74) is 1.77. The summed E-state index contributed by atoms with van der Waals surface area (Å²) in [4.78, 5) is 19.1. The Morgan fingerprint density at radius 3 is 2.79 bits per heavy atom. The lowest BCUT2D eigenvalue weighted by molar-refractivity contribution is 0.224. The van der Waals surface area contributed by atoms with E-state index >= 15 is 0 Å². The van der Waals surface area contributed by atoms with Gasteiger partial charge in [-0.05, 0) is 51.1 Å². The highest BCUT2D eigenvalue weighted by atomic mass is 19.1. The van der Waals surface area contributed by atoms with Crippen molar-refractivity contribution in [2.75, 3.05) is 25.0 Å². The average molecular weight is 382 g/mol. The third-order valence-corrected chi connectivity index (χ3v) is 5.02. The third kappa shape index (κ3) is 3.82. The molecule has 1 saturated heterocycles. The van der Waals surface area contributed by atoms with E-state index < -0.39 is 0 Å². The van der Waals surface area contributed by atoms with Crippen molar-refractivity contribution in [3.63, 3.8) is 0 Å². The SMILES string of the molecule is Cc1nc2c(NC(=O)NCC(c3ccccc3F)N3CCCC3)cccn2n1. The van der Waals surface area contributed by atoms with Crippen molar-refractivity contribution in [2.45, 2.75) is 25.8 Å². The molecule has 3 aromatic rings. The summed E-state index contributed by atoms with van der Waals surface area (Å²) in [5, 5.41) is 9.96. The van der Waals surface area contributed by atoms with Crippen molar-refractivity contribution >= 4 is 17.4 Å². The molecule has 0 bridgehead atoms. The van der Waals surface area contributed by atoms with Gasteiger partial charge in [-0.3, -0.25) is 4.90 Å². The quantitative estimate of drug-likeness (QED) is 0.711. The molecule has 2 N–H and O–H groups in total. The first-order valence-electron chi connectivity index (χ1n) is 9.47.